The number of aliphatic hydroxyl groups is 1. The summed E-state index contributed by atoms with van der Waals surface area (Å²) in [5.41, 5.74) is 8.85. The maximum atomic E-state index is 12.1. The number of halogens is 1. The highest BCUT2D eigenvalue weighted by molar-refractivity contribution is 7.79. The first-order valence-corrected chi connectivity index (χ1v) is 15.1. The average Bonchev–Trinajstić information content (AvgIpc) is 3.00. The summed E-state index contributed by atoms with van der Waals surface area (Å²) >= 11 is 4.12. The standard InChI is InChI=1S/C28H36ClN7O6S/c1-15(27(38)39)31-12-17-5-4-16(10-24(17)43(40)41)25-20(29)13-32-28(35-25)33-18-8-9-42-23(11-18)19-6-7-22(21(30)14-37)34-26(19)36(2)3/h4-7,10,13,15,18,21,23,31,37H,8-9,11-12,14,30H2,1-3H3,(H,38,39)(H,40,41)(H,32,33,35)/t15-,18?,21-,23?/m1/s1. The number of aliphatic carboxylic acids is 1. The molecule has 0 saturated carbocycles. The van der Waals surface area contributed by atoms with Crippen LogP contribution in [0.5, 0.6) is 0 Å². The monoisotopic (exact) mass is 633 g/mol. The summed E-state index contributed by atoms with van der Waals surface area (Å²) in [5, 5.41) is 25.0. The number of benzene rings is 1. The van der Waals surface area contributed by atoms with Gasteiger partial charge in [0, 0.05) is 44.4 Å². The number of nitrogens with one attached hydrogen (secondary N) is 2. The Hall–Kier alpha value is -3.24. The molecule has 3 aromatic rings. The molecule has 3 heterocycles. The summed E-state index contributed by atoms with van der Waals surface area (Å²) in [5.74, 6) is 0.0284. The van der Waals surface area contributed by atoms with Gasteiger partial charge in [-0.25, -0.2) is 19.2 Å². The molecule has 0 bridgehead atoms. The SMILES string of the molecule is C[C@@H](NCc1ccc(-c2nc(NC3CCOC(c4ccc([C@H](N)CO)nc4N(C)C)C3)ncc2Cl)cc1S(=O)O)C(=O)O. The number of carbonyl (C=O) groups is 1. The molecule has 0 aliphatic carbocycles. The normalized spacial score (nSPS) is 19.0. The van der Waals surface area contributed by atoms with Crippen molar-refractivity contribution in [2.45, 2.75) is 55.4 Å². The zero-order valence-corrected chi connectivity index (χ0v) is 25.6. The van der Waals surface area contributed by atoms with Gasteiger partial charge in [-0.1, -0.05) is 29.8 Å². The van der Waals surface area contributed by atoms with Gasteiger partial charge in [0.25, 0.3) is 0 Å². The van der Waals surface area contributed by atoms with Crippen molar-refractivity contribution in [1.82, 2.24) is 20.3 Å². The number of carboxylic acids is 1. The van der Waals surface area contributed by atoms with Crippen LogP contribution in [0.2, 0.25) is 5.02 Å². The van der Waals surface area contributed by atoms with Gasteiger partial charge in [-0.15, -0.1) is 0 Å². The van der Waals surface area contributed by atoms with Crippen LogP contribution in [0.4, 0.5) is 11.8 Å². The summed E-state index contributed by atoms with van der Waals surface area (Å²) in [4.78, 5) is 26.8. The van der Waals surface area contributed by atoms with Crippen LogP contribution in [0.1, 0.15) is 48.7 Å². The molecule has 1 aliphatic heterocycles. The topological polar surface area (TPSA) is 196 Å². The second-order valence-corrected chi connectivity index (χ2v) is 11.8. The minimum absolute atomic E-state index is 0.0349. The zero-order valence-electron chi connectivity index (χ0n) is 24.0. The van der Waals surface area contributed by atoms with Gasteiger partial charge in [0.05, 0.1) is 46.3 Å². The Labute approximate surface area is 257 Å². The van der Waals surface area contributed by atoms with Crippen molar-refractivity contribution in [3.8, 4) is 11.3 Å². The lowest BCUT2D eigenvalue weighted by Crippen LogP contribution is -2.33. The molecule has 0 spiro atoms. The van der Waals surface area contributed by atoms with Gasteiger partial charge in [0.2, 0.25) is 5.95 Å². The van der Waals surface area contributed by atoms with Crippen LogP contribution in [0.25, 0.3) is 11.3 Å². The number of aliphatic hydroxyl groups excluding tert-OH is 1. The summed E-state index contributed by atoms with van der Waals surface area (Å²) in [6.45, 7) is 1.87. The lowest BCUT2D eigenvalue weighted by Gasteiger charge is -2.32. The van der Waals surface area contributed by atoms with Gasteiger partial charge in [-0.2, -0.15) is 0 Å². The Morgan fingerprint density at radius 3 is 2.72 bits per heavy atom. The highest BCUT2D eigenvalue weighted by atomic mass is 35.5. The Balaban J connectivity index is 1.54. The van der Waals surface area contributed by atoms with Crippen LogP contribution in [0, 0.1) is 0 Å². The summed E-state index contributed by atoms with van der Waals surface area (Å²) in [6.07, 6.45) is 2.54. The van der Waals surface area contributed by atoms with E-state index in [9.17, 15) is 18.7 Å². The van der Waals surface area contributed by atoms with Crippen LogP contribution in [-0.2, 0) is 27.2 Å². The molecule has 3 unspecified atom stereocenters. The molecule has 1 aromatic carbocycles. The lowest BCUT2D eigenvalue weighted by molar-refractivity contribution is -0.139. The molecule has 1 fully saturated rings. The van der Waals surface area contributed by atoms with E-state index in [1.165, 1.54) is 19.2 Å². The highest BCUT2D eigenvalue weighted by Gasteiger charge is 2.28. The molecule has 0 amide bonds. The van der Waals surface area contributed by atoms with E-state index in [1.807, 2.05) is 25.1 Å². The Morgan fingerprint density at radius 2 is 2.05 bits per heavy atom. The maximum Gasteiger partial charge on any atom is 0.320 e. The number of hydrogen-bond donors (Lipinski definition) is 6. The summed E-state index contributed by atoms with van der Waals surface area (Å²) in [7, 11) is 3.78. The van der Waals surface area contributed by atoms with Gasteiger partial charge in [0.15, 0.2) is 11.1 Å². The average molecular weight is 634 g/mol. The molecular weight excluding hydrogens is 598 g/mol. The third-order valence-corrected chi connectivity index (χ3v) is 8.17. The molecule has 4 rings (SSSR count). The van der Waals surface area contributed by atoms with Crippen molar-refractivity contribution in [2.24, 2.45) is 5.73 Å². The first-order valence-electron chi connectivity index (χ1n) is 13.6. The smallest absolute Gasteiger partial charge is 0.320 e. The molecule has 43 heavy (non-hydrogen) atoms. The van der Waals surface area contributed by atoms with E-state index in [0.29, 0.717) is 53.7 Å². The van der Waals surface area contributed by atoms with Crippen molar-refractivity contribution < 1.29 is 28.5 Å². The number of nitrogens with zero attached hydrogens (tertiary/aromatic N) is 4. The van der Waals surface area contributed by atoms with Gasteiger partial charge >= 0.3 is 5.97 Å². The van der Waals surface area contributed by atoms with Crippen molar-refractivity contribution in [2.75, 3.05) is 37.5 Å². The van der Waals surface area contributed by atoms with Crippen molar-refractivity contribution in [1.29, 1.82) is 0 Å². The van der Waals surface area contributed by atoms with E-state index in [0.717, 1.165) is 5.56 Å². The third kappa shape index (κ3) is 8.03. The molecule has 15 heteroatoms. The van der Waals surface area contributed by atoms with Crippen LogP contribution in [-0.4, -0.2) is 79.3 Å². The van der Waals surface area contributed by atoms with E-state index in [2.05, 4.69) is 25.6 Å². The molecule has 0 radical (unpaired) electrons. The van der Waals surface area contributed by atoms with Crippen molar-refractivity contribution in [3.05, 3.63) is 58.4 Å². The fraction of sp³-hybridized carbons (Fsp3) is 0.429. The minimum Gasteiger partial charge on any atom is -0.480 e. The number of carboxylic acid groups (broad SMARTS) is 1. The Bertz CT molecular complexity index is 1480. The first kappa shape index (κ1) is 32.7. The Morgan fingerprint density at radius 1 is 1.28 bits per heavy atom. The fourth-order valence-electron chi connectivity index (χ4n) is 4.71. The quantitative estimate of drug-likeness (QED) is 0.159. The van der Waals surface area contributed by atoms with Crippen LogP contribution >= 0.6 is 11.6 Å². The number of hydrogen-bond acceptors (Lipinski definition) is 11. The van der Waals surface area contributed by atoms with E-state index >= 15 is 0 Å². The number of anilines is 2. The molecule has 5 atom stereocenters. The Kier molecular flexibility index (Phi) is 11.0. The number of pyridine rings is 1. The van der Waals surface area contributed by atoms with Crippen LogP contribution < -0.4 is 21.3 Å². The number of aromatic nitrogens is 3. The summed E-state index contributed by atoms with van der Waals surface area (Å²) in [6, 6.07) is 7.17. The minimum atomic E-state index is -2.33. The van der Waals surface area contributed by atoms with Crippen LogP contribution in [0.15, 0.2) is 41.4 Å². The summed E-state index contributed by atoms with van der Waals surface area (Å²) < 4.78 is 28.2. The maximum absolute atomic E-state index is 12.1. The largest absolute Gasteiger partial charge is 0.480 e. The van der Waals surface area contributed by atoms with Crippen molar-refractivity contribution >= 4 is 40.4 Å². The number of ether oxygens (including phenoxy) is 1. The van der Waals surface area contributed by atoms with Crippen LogP contribution in [0.3, 0.4) is 0 Å². The zero-order chi connectivity index (χ0) is 31.3. The third-order valence-electron chi connectivity index (χ3n) is 7.13. The second kappa shape index (κ2) is 14.5. The number of nitrogens with two attached hydrogens (primary N) is 1. The van der Waals surface area contributed by atoms with E-state index in [-0.39, 0.29) is 35.2 Å². The predicted octanol–water partition coefficient (Wildman–Crippen LogP) is 2.73. The molecule has 2 aromatic heterocycles. The van der Waals surface area contributed by atoms with Gasteiger partial charge in [0.1, 0.15) is 11.9 Å². The second-order valence-electron chi connectivity index (χ2n) is 10.5. The van der Waals surface area contributed by atoms with Crippen molar-refractivity contribution in [3.63, 3.8) is 0 Å². The lowest BCUT2D eigenvalue weighted by atomic mass is 9.97. The molecule has 1 aliphatic rings. The van der Waals surface area contributed by atoms with E-state index in [4.69, 9.17) is 27.2 Å². The van der Waals surface area contributed by atoms with E-state index < -0.39 is 29.1 Å². The predicted molar refractivity (Wildman–Crippen MR) is 163 cm³/mol. The first-order chi connectivity index (χ1) is 20.5. The molecule has 232 valence electrons. The molecule has 13 nitrogen and oxygen atoms in total. The molecule has 1 saturated heterocycles. The van der Waals surface area contributed by atoms with Gasteiger partial charge < -0.3 is 40.8 Å². The number of rotatable bonds is 12. The van der Waals surface area contributed by atoms with Gasteiger partial charge in [-0.05, 0) is 37.5 Å². The van der Waals surface area contributed by atoms with E-state index in [1.54, 1.807) is 18.2 Å². The van der Waals surface area contributed by atoms with Gasteiger partial charge in [-0.3, -0.25) is 4.79 Å². The fourth-order valence-corrected chi connectivity index (χ4v) is 5.50. The molecule has 7 N–H and O–H groups in total. The highest BCUT2D eigenvalue weighted by Crippen LogP contribution is 2.35. The molecular formula is C28H36ClN7O6S.